The molecule has 0 aliphatic rings. The fourth-order valence-electron chi connectivity index (χ4n) is 1.54. The van der Waals surface area contributed by atoms with Gasteiger partial charge in [-0.05, 0) is 12.0 Å². The number of carbonyl (C=O) groups excluding carboxylic acids is 2. The van der Waals surface area contributed by atoms with Gasteiger partial charge < -0.3 is 10.6 Å². The van der Waals surface area contributed by atoms with E-state index in [0.717, 1.165) is 6.42 Å². The van der Waals surface area contributed by atoms with E-state index in [1.54, 1.807) is 0 Å². The van der Waals surface area contributed by atoms with E-state index in [9.17, 15) is 9.59 Å². The van der Waals surface area contributed by atoms with Crippen molar-refractivity contribution in [3.05, 3.63) is 35.9 Å². The zero-order chi connectivity index (χ0) is 13.4. The summed E-state index contributed by atoms with van der Waals surface area (Å²) in [6, 6.07) is 9.33. The molecule has 18 heavy (non-hydrogen) atoms. The molecule has 0 saturated carbocycles. The van der Waals surface area contributed by atoms with E-state index in [4.69, 9.17) is 0 Å². The summed E-state index contributed by atoms with van der Waals surface area (Å²) in [5, 5.41) is 5.34. The van der Waals surface area contributed by atoms with Crippen LogP contribution in [-0.2, 0) is 16.0 Å². The van der Waals surface area contributed by atoms with E-state index in [0.29, 0.717) is 6.54 Å². The first-order chi connectivity index (χ1) is 8.63. The Kier molecular flexibility index (Phi) is 6.28. The minimum absolute atomic E-state index is 0.198. The number of hydrogen-bond donors (Lipinski definition) is 3. The lowest BCUT2D eigenvalue weighted by Crippen LogP contribution is -2.47. The summed E-state index contributed by atoms with van der Waals surface area (Å²) in [6.45, 7) is 1.93. The van der Waals surface area contributed by atoms with Gasteiger partial charge in [0, 0.05) is 19.2 Å². The lowest BCUT2D eigenvalue weighted by molar-refractivity contribution is -0.127. The van der Waals surface area contributed by atoms with Gasteiger partial charge in [0.05, 0.1) is 0 Å². The molecule has 0 spiro atoms. The number of benzene rings is 1. The fourth-order valence-corrected chi connectivity index (χ4v) is 1.79. The lowest BCUT2D eigenvalue weighted by Gasteiger charge is -2.15. The van der Waals surface area contributed by atoms with Crippen LogP contribution in [0.15, 0.2) is 30.3 Å². The zero-order valence-corrected chi connectivity index (χ0v) is 11.2. The minimum Gasteiger partial charge on any atom is -0.354 e. The standard InChI is InChI=1S/C13H18N2O2S/c1-10(16)15-12(9-18)13(17)14-8-7-11-5-3-2-4-6-11/h2-6,12,18H,7-9H2,1H3,(H,14,17)(H,15,16). The van der Waals surface area contributed by atoms with Crippen molar-refractivity contribution in [1.82, 2.24) is 10.6 Å². The fraction of sp³-hybridized carbons (Fsp3) is 0.385. The van der Waals surface area contributed by atoms with Crippen molar-refractivity contribution in [1.29, 1.82) is 0 Å². The first-order valence-electron chi connectivity index (χ1n) is 5.83. The molecule has 1 rings (SSSR count). The average Bonchev–Trinajstić information content (AvgIpc) is 2.36. The summed E-state index contributed by atoms with van der Waals surface area (Å²) in [7, 11) is 0. The van der Waals surface area contributed by atoms with Crippen LogP contribution in [0.4, 0.5) is 0 Å². The van der Waals surface area contributed by atoms with E-state index in [-0.39, 0.29) is 17.6 Å². The molecular weight excluding hydrogens is 248 g/mol. The lowest BCUT2D eigenvalue weighted by atomic mass is 10.1. The molecule has 0 radical (unpaired) electrons. The van der Waals surface area contributed by atoms with Crippen molar-refractivity contribution in [3.63, 3.8) is 0 Å². The average molecular weight is 266 g/mol. The van der Waals surface area contributed by atoms with Gasteiger partial charge in [-0.25, -0.2) is 0 Å². The zero-order valence-electron chi connectivity index (χ0n) is 10.3. The van der Waals surface area contributed by atoms with Crippen molar-refractivity contribution < 1.29 is 9.59 Å². The second kappa shape index (κ2) is 7.76. The summed E-state index contributed by atoms with van der Waals surface area (Å²) in [5.74, 6) is -0.139. The van der Waals surface area contributed by atoms with Gasteiger partial charge in [-0.3, -0.25) is 9.59 Å². The van der Waals surface area contributed by atoms with Crippen LogP contribution in [-0.4, -0.2) is 30.2 Å². The number of carbonyl (C=O) groups is 2. The Hall–Kier alpha value is -1.49. The molecule has 0 bridgehead atoms. The molecule has 1 unspecified atom stereocenters. The van der Waals surface area contributed by atoms with Crippen LogP contribution in [0.25, 0.3) is 0 Å². The second-order valence-electron chi connectivity index (χ2n) is 3.96. The molecule has 1 aromatic rings. The Morgan fingerprint density at radius 2 is 1.94 bits per heavy atom. The molecule has 0 aliphatic heterocycles. The van der Waals surface area contributed by atoms with E-state index < -0.39 is 6.04 Å². The second-order valence-corrected chi connectivity index (χ2v) is 4.33. The molecule has 1 aromatic carbocycles. The Bertz CT molecular complexity index is 395. The smallest absolute Gasteiger partial charge is 0.243 e. The molecule has 0 fully saturated rings. The van der Waals surface area contributed by atoms with Gasteiger partial charge in [0.25, 0.3) is 0 Å². The molecule has 4 nitrogen and oxygen atoms in total. The van der Waals surface area contributed by atoms with E-state index in [2.05, 4.69) is 23.3 Å². The molecule has 98 valence electrons. The SMILES string of the molecule is CC(=O)NC(CS)C(=O)NCCc1ccccc1. The summed E-state index contributed by atoms with van der Waals surface area (Å²) < 4.78 is 0. The predicted octanol–water partition coefficient (Wildman–Crippen LogP) is 0.780. The molecule has 1 atom stereocenters. The molecule has 2 N–H and O–H groups in total. The number of rotatable bonds is 6. The topological polar surface area (TPSA) is 58.2 Å². The van der Waals surface area contributed by atoms with Crippen LogP contribution in [0, 0.1) is 0 Å². The highest BCUT2D eigenvalue weighted by Crippen LogP contribution is 1.98. The highest BCUT2D eigenvalue weighted by molar-refractivity contribution is 7.80. The van der Waals surface area contributed by atoms with Crippen LogP contribution in [0.1, 0.15) is 12.5 Å². The molecule has 0 aliphatic carbocycles. The van der Waals surface area contributed by atoms with Crippen LogP contribution >= 0.6 is 12.6 Å². The molecule has 0 saturated heterocycles. The molecule has 0 heterocycles. The monoisotopic (exact) mass is 266 g/mol. The van der Waals surface area contributed by atoms with Crippen molar-refractivity contribution in [2.24, 2.45) is 0 Å². The minimum atomic E-state index is -0.568. The first-order valence-corrected chi connectivity index (χ1v) is 6.46. The Balaban J connectivity index is 2.34. The van der Waals surface area contributed by atoms with Gasteiger partial charge in [-0.1, -0.05) is 30.3 Å². The Morgan fingerprint density at radius 1 is 1.28 bits per heavy atom. The van der Waals surface area contributed by atoms with Crippen molar-refractivity contribution in [2.75, 3.05) is 12.3 Å². The van der Waals surface area contributed by atoms with Crippen LogP contribution < -0.4 is 10.6 Å². The van der Waals surface area contributed by atoms with E-state index >= 15 is 0 Å². The predicted molar refractivity (Wildman–Crippen MR) is 74.6 cm³/mol. The maximum absolute atomic E-state index is 11.7. The number of hydrogen-bond acceptors (Lipinski definition) is 3. The summed E-state index contributed by atoms with van der Waals surface area (Å²) in [5.41, 5.74) is 1.17. The number of nitrogens with one attached hydrogen (secondary N) is 2. The molecular formula is C13H18N2O2S. The van der Waals surface area contributed by atoms with E-state index in [1.165, 1.54) is 12.5 Å². The van der Waals surface area contributed by atoms with Gasteiger partial charge in [-0.15, -0.1) is 0 Å². The third kappa shape index (κ3) is 5.23. The highest BCUT2D eigenvalue weighted by atomic mass is 32.1. The summed E-state index contributed by atoms with van der Waals surface area (Å²) in [6.07, 6.45) is 0.770. The van der Waals surface area contributed by atoms with Crippen molar-refractivity contribution in [3.8, 4) is 0 Å². The number of thiol groups is 1. The highest BCUT2D eigenvalue weighted by Gasteiger charge is 2.16. The Morgan fingerprint density at radius 3 is 2.50 bits per heavy atom. The van der Waals surface area contributed by atoms with Crippen molar-refractivity contribution in [2.45, 2.75) is 19.4 Å². The maximum Gasteiger partial charge on any atom is 0.243 e. The van der Waals surface area contributed by atoms with Gasteiger partial charge in [0.1, 0.15) is 6.04 Å². The quantitative estimate of drug-likeness (QED) is 0.666. The number of amides is 2. The van der Waals surface area contributed by atoms with Gasteiger partial charge in [0.2, 0.25) is 11.8 Å². The van der Waals surface area contributed by atoms with Crippen LogP contribution in [0.5, 0.6) is 0 Å². The van der Waals surface area contributed by atoms with E-state index in [1.807, 2.05) is 30.3 Å². The van der Waals surface area contributed by atoms with Gasteiger partial charge in [0.15, 0.2) is 0 Å². The molecule has 2 amide bonds. The van der Waals surface area contributed by atoms with Gasteiger partial charge >= 0.3 is 0 Å². The van der Waals surface area contributed by atoms with Crippen LogP contribution in [0.3, 0.4) is 0 Å². The van der Waals surface area contributed by atoms with Gasteiger partial charge in [-0.2, -0.15) is 12.6 Å². The molecule has 0 aromatic heterocycles. The molecule has 5 heteroatoms. The Labute approximate surface area is 113 Å². The van der Waals surface area contributed by atoms with Crippen molar-refractivity contribution >= 4 is 24.4 Å². The normalized spacial score (nSPS) is 11.7. The third-order valence-corrected chi connectivity index (χ3v) is 2.80. The third-order valence-electron chi connectivity index (χ3n) is 2.43. The maximum atomic E-state index is 11.7. The van der Waals surface area contributed by atoms with Crippen LogP contribution in [0.2, 0.25) is 0 Å². The summed E-state index contributed by atoms with van der Waals surface area (Å²) >= 11 is 4.05. The summed E-state index contributed by atoms with van der Waals surface area (Å²) in [4.78, 5) is 22.6. The largest absolute Gasteiger partial charge is 0.354 e. The first kappa shape index (κ1) is 14.6.